The summed E-state index contributed by atoms with van der Waals surface area (Å²) in [4.78, 5) is 4.15. The Balaban J connectivity index is 2.15. The molecule has 2 rings (SSSR count). The van der Waals surface area contributed by atoms with Crippen molar-refractivity contribution in [1.82, 2.24) is 4.98 Å². The Hall–Kier alpha value is -2.07. The Bertz CT molecular complexity index is 509. The van der Waals surface area contributed by atoms with Crippen molar-refractivity contribution in [1.29, 1.82) is 0 Å². The van der Waals surface area contributed by atoms with E-state index < -0.39 is 0 Å². The van der Waals surface area contributed by atoms with Gasteiger partial charge in [-0.25, -0.2) is 4.98 Å². The molecule has 0 saturated heterocycles. The van der Waals surface area contributed by atoms with Gasteiger partial charge in [0.25, 0.3) is 0 Å². The zero-order valence-corrected chi connectivity index (χ0v) is 10.5. The average molecular weight is 244 g/mol. The van der Waals surface area contributed by atoms with Crippen LogP contribution in [0.1, 0.15) is 18.5 Å². The minimum absolute atomic E-state index is 0.0359. The highest BCUT2D eigenvalue weighted by Gasteiger charge is 2.03. The van der Waals surface area contributed by atoms with Gasteiger partial charge in [0, 0.05) is 18.3 Å². The van der Waals surface area contributed by atoms with Crippen molar-refractivity contribution in [3.8, 4) is 17.4 Å². The molecule has 0 bridgehead atoms. The van der Waals surface area contributed by atoms with Crippen LogP contribution in [-0.2, 0) is 0 Å². The van der Waals surface area contributed by atoms with Crippen molar-refractivity contribution in [2.24, 2.45) is 5.73 Å². The predicted molar refractivity (Wildman–Crippen MR) is 69.9 cm³/mol. The van der Waals surface area contributed by atoms with Crippen LogP contribution in [-0.4, -0.2) is 12.1 Å². The van der Waals surface area contributed by atoms with Gasteiger partial charge in [-0.1, -0.05) is 0 Å². The van der Waals surface area contributed by atoms with E-state index in [0.717, 1.165) is 11.3 Å². The Morgan fingerprint density at radius 3 is 2.39 bits per heavy atom. The highest BCUT2D eigenvalue weighted by Crippen LogP contribution is 2.23. The van der Waals surface area contributed by atoms with Crippen molar-refractivity contribution in [2.45, 2.75) is 13.0 Å². The Kier molecular flexibility index (Phi) is 3.79. The summed E-state index contributed by atoms with van der Waals surface area (Å²) in [6.45, 7) is 1.92. The van der Waals surface area contributed by atoms with Crippen LogP contribution < -0.4 is 15.2 Å². The molecule has 0 aliphatic carbocycles. The summed E-state index contributed by atoms with van der Waals surface area (Å²) in [6.07, 6.45) is 1.69. The molecule has 1 atom stereocenters. The summed E-state index contributed by atoms with van der Waals surface area (Å²) < 4.78 is 10.7. The molecule has 4 heteroatoms. The van der Waals surface area contributed by atoms with Crippen molar-refractivity contribution < 1.29 is 9.47 Å². The zero-order valence-electron chi connectivity index (χ0n) is 10.5. The minimum Gasteiger partial charge on any atom is -0.497 e. The molecule has 0 aliphatic rings. The Morgan fingerprint density at radius 2 is 1.78 bits per heavy atom. The van der Waals surface area contributed by atoms with E-state index in [9.17, 15) is 0 Å². The molecule has 94 valence electrons. The number of hydrogen-bond acceptors (Lipinski definition) is 4. The summed E-state index contributed by atoms with van der Waals surface area (Å²) in [6, 6.07) is 11.0. The Morgan fingerprint density at radius 1 is 1.11 bits per heavy atom. The third kappa shape index (κ3) is 2.99. The van der Waals surface area contributed by atoms with Gasteiger partial charge in [-0.2, -0.15) is 0 Å². The van der Waals surface area contributed by atoms with Gasteiger partial charge in [0.15, 0.2) is 0 Å². The molecule has 0 saturated carbocycles. The first-order valence-corrected chi connectivity index (χ1v) is 5.72. The maximum Gasteiger partial charge on any atom is 0.219 e. The van der Waals surface area contributed by atoms with Crippen molar-refractivity contribution in [2.75, 3.05) is 7.11 Å². The fourth-order valence-corrected chi connectivity index (χ4v) is 1.53. The maximum atomic E-state index is 5.81. The van der Waals surface area contributed by atoms with Crippen LogP contribution in [0.5, 0.6) is 17.4 Å². The molecule has 2 aromatic rings. The average Bonchev–Trinajstić information content (AvgIpc) is 2.40. The van der Waals surface area contributed by atoms with E-state index in [1.165, 1.54) is 0 Å². The normalized spacial score (nSPS) is 11.9. The molecule has 1 heterocycles. The number of ether oxygens (including phenoxy) is 2. The lowest BCUT2D eigenvalue weighted by atomic mass is 10.1. The summed E-state index contributed by atoms with van der Waals surface area (Å²) in [7, 11) is 1.63. The second-order valence-corrected chi connectivity index (χ2v) is 3.99. The molecule has 2 N–H and O–H groups in total. The quantitative estimate of drug-likeness (QED) is 0.898. The van der Waals surface area contributed by atoms with E-state index in [0.29, 0.717) is 11.6 Å². The number of pyridine rings is 1. The van der Waals surface area contributed by atoms with Gasteiger partial charge in [0.05, 0.1) is 7.11 Å². The molecule has 0 radical (unpaired) electrons. The summed E-state index contributed by atoms with van der Waals surface area (Å²) in [5, 5.41) is 0. The molecule has 1 aromatic heterocycles. The second kappa shape index (κ2) is 5.51. The second-order valence-electron chi connectivity index (χ2n) is 3.99. The van der Waals surface area contributed by atoms with Crippen molar-refractivity contribution >= 4 is 0 Å². The van der Waals surface area contributed by atoms with Gasteiger partial charge in [-0.05, 0) is 42.8 Å². The largest absolute Gasteiger partial charge is 0.497 e. The number of hydrogen-bond donors (Lipinski definition) is 1. The smallest absolute Gasteiger partial charge is 0.219 e. The van der Waals surface area contributed by atoms with E-state index in [-0.39, 0.29) is 6.04 Å². The third-order valence-electron chi connectivity index (χ3n) is 2.57. The lowest BCUT2D eigenvalue weighted by Gasteiger charge is -2.09. The van der Waals surface area contributed by atoms with Gasteiger partial charge in [-0.15, -0.1) is 0 Å². The van der Waals surface area contributed by atoms with Crippen LogP contribution >= 0.6 is 0 Å². The van der Waals surface area contributed by atoms with Gasteiger partial charge < -0.3 is 15.2 Å². The molecule has 4 nitrogen and oxygen atoms in total. The lowest BCUT2D eigenvalue weighted by molar-refractivity contribution is 0.412. The standard InChI is InChI=1S/C14H16N2O2/c1-10(15)11-7-8-16-14(9-11)18-13-5-3-12(17-2)4-6-13/h3-10H,15H2,1-2H3. The molecule has 0 spiro atoms. The fourth-order valence-electron chi connectivity index (χ4n) is 1.53. The van der Waals surface area contributed by atoms with Crippen LogP contribution in [0, 0.1) is 0 Å². The predicted octanol–water partition coefficient (Wildman–Crippen LogP) is 2.90. The zero-order chi connectivity index (χ0) is 13.0. The number of benzene rings is 1. The molecular weight excluding hydrogens is 228 g/mol. The van der Waals surface area contributed by atoms with Gasteiger partial charge in [-0.3, -0.25) is 0 Å². The van der Waals surface area contributed by atoms with Crippen LogP contribution in [0.25, 0.3) is 0 Å². The molecule has 0 amide bonds. The SMILES string of the molecule is COc1ccc(Oc2cc(C(C)N)ccn2)cc1. The summed E-state index contributed by atoms with van der Waals surface area (Å²) in [5.74, 6) is 2.04. The van der Waals surface area contributed by atoms with E-state index in [4.69, 9.17) is 15.2 Å². The van der Waals surface area contributed by atoms with Gasteiger partial charge >= 0.3 is 0 Å². The van der Waals surface area contributed by atoms with Crippen LogP contribution in [0.3, 0.4) is 0 Å². The number of rotatable bonds is 4. The van der Waals surface area contributed by atoms with E-state index in [2.05, 4.69) is 4.98 Å². The number of nitrogens with zero attached hydrogens (tertiary/aromatic N) is 1. The summed E-state index contributed by atoms with van der Waals surface area (Å²) in [5.41, 5.74) is 6.81. The number of methoxy groups -OCH3 is 1. The lowest BCUT2D eigenvalue weighted by Crippen LogP contribution is -2.05. The van der Waals surface area contributed by atoms with Crippen LogP contribution in [0.2, 0.25) is 0 Å². The fraction of sp³-hybridized carbons (Fsp3) is 0.214. The topological polar surface area (TPSA) is 57.4 Å². The van der Waals surface area contributed by atoms with Crippen LogP contribution in [0.15, 0.2) is 42.6 Å². The summed E-state index contributed by atoms with van der Waals surface area (Å²) >= 11 is 0. The molecule has 0 aliphatic heterocycles. The first kappa shape index (κ1) is 12.4. The van der Waals surface area contributed by atoms with E-state index in [1.54, 1.807) is 13.3 Å². The number of aromatic nitrogens is 1. The molecular formula is C14H16N2O2. The minimum atomic E-state index is -0.0359. The maximum absolute atomic E-state index is 5.81. The first-order chi connectivity index (χ1) is 8.69. The first-order valence-electron chi connectivity index (χ1n) is 5.72. The third-order valence-corrected chi connectivity index (χ3v) is 2.57. The highest BCUT2D eigenvalue weighted by molar-refractivity contribution is 5.34. The monoisotopic (exact) mass is 244 g/mol. The van der Waals surface area contributed by atoms with Gasteiger partial charge in [0.2, 0.25) is 5.88 Å². The Labute approximate surface area is 106 Å². The van der Waals surface area contributed by atoms with Crippen molar-refractivity contribution in [3.05, 3.63) is 48.2 Å². The highest BCUT2D eigenvalue weighted by atomic mass is 16.5. The molecule has 0 fully saturated rings. The molecule has 1 aromatic carbocycles. The molecule has 1 unspecified atom stereocenters. The molecule has 18 heavy (non-hydrogen) atoms. The van der Waals surface area contributed by atoms with Gasteiger partial charge in [0.1, 0.15) is 11.5 Å². The van der Waals surface area contributed by atoms with Crippen LogP contribution in [0.4, 0.5) is 0 Å². The van der Waals surface area contributed by atoms with E-state index >= 15 is 0 Å². The van der Waals surface area contributed by atoms with Crippen molar-refractivity contribution in [3.63, 3.8) is 0 Å². The van der Waals surface area contributed by atoms with E-state index in [1.807, 2.05) is 43.3 Å². The number of nitrogens with two attached hydrogens (primary N) is 1.